The van der Waals surface area contributed by atoms with Crippen LogP contribution in [0.3, 0.4) is 0 Å². The Hall–Kier alpha value is -2.43. The van der Waals surface area contributed by atoms with Gasteiger partial charge in [0, 0.05) is 23.9 Å². The molecule has 0 radical (unpaired) electrons. The highest BCUT2D eigenvalue weighted by molar-refractivity contribution is 5.95. The van der Waals surface area contributed by atoms with Gasteiger partial charge in [-0.3, -0.25) is 9.59 Å². The van der Waals surface area contributed by atoms with Crippen LogP contribution in [0.4, 0.5) is 0 Å². The molecule has 0 aromatic heterocycles. The zero-order chi connectivity index (χ0) is 15.8. The molecule has 0 aliphatic carbocycles. The Morgan fingerprint density at radius 3 is 2.67 bits per heavy atom. The van der Waals surface area contributed by atoms with Crippen LogP contribution in [0.25, 0.3) is 0 Å². The summed E-state index contributed by atoms with van der Waals surface area (Å²) in [5.74, 6) is 0.420. The molecule has 0 atom stereocenters. The van der Waals surface area contributed by atoms with Crippen LogP contribution in [0.5, 0.6) is 5.75 Å². The van der Waals surface area contributed by atoms with E-state index >= 15 is 0 Å². The van der Waals surface area contributed by atoms with Crippen molar-refractivity contribution in [1.82, 2.24) is 5.32 Å². The van der Waals surface area contributed by atoms with E-state index in [0.717, 1.165) is 12.0 Å². The predicted octanol–water partition coefficient (Wildman–Crippen LogP) is 2.64. The van der Waals surface area contributed by atoms with E-state index in [9.17, 15) is 9.59 Å². The third kappa shape index (κ3) is 5.22. The lowest BCUT2D eigenvalue weighted by atomic mass is 10.1. The summed E-state index contributed by atoms with van der Waals surface area (Å²) in [4.78, 5) is 22.7. The fourth-order valence-electron chi connectivity index (χ4n) is 1.67. The summed E-state index contributed by atoms with van der Waals surface area (Å²) in [6.45, 7) is 5.97. The number of rotatable bonds is 7. The molecule has 5 heteroatoms. The first-order chi connectivity index (χ1) is 9.97. The molecule has 1 rings (SSSR count). The molecular formula is C16H20N2O3. The van der Waals surface area contributed by atoms with Crippen LogP contribution in [0, 0.1) is 12.3 Å². The summed E-state index contributed by atoms with van der Waals surface area (Å²) in [6.07, 6.45) is 2.77. The van der Waals surface area contributed by atoms with Crippen LogP contribution in [0.2, 0.25) is 0 Å². The van der Waals surface area contributed by atoms with Crippen molar-refractivity contribution in [2.24, 2.45) is 0 Å². The van der Waals surface area contributed by atoms with Crippen molar-refractivity contribution in [2.75, 3.05) is 6.54 Å². The van der Waals surface area contributed by atoms with Crippen molar-refractivity contribution in [1.29, 1.82) is 5.41 Å². The molecule has 21 heavy (non-hydrogen) atoms. The lowest BCUT2D eigenvalue weighted by Crippen LogP contribution is -2.23. The maximum atomic E-state index is 11.8. The first-order valence-electron chi connectivity index (χ1n) is 6.76. The number of hydrogen-bond acceptors (Lipinski definition) is 4. The van der Waals surface area contributed by atoms with Crippen LogP contribution < -0.4 is 10.1 Å². The van der Waals surface area contributed by atoms with Crippen LogP contribution in [-0.4, -0.2) is 24.4 Å². The van der Waals surface area contributed by atoms with Gasteiger partial charge in [-0.15, -0.1) is 0 Å². The van der Waals surface area contributed by atoms with Gasteiger partial charge in [-0.05, 0) is 44.0 Å². The molecule has 0 aliphatic heterocycles. The van der Waals surface area contributed by atoms with E-state index in [1.54, 1.807) is 32.0 Å². The molecule has 0 spiro atoms. The SMILES string of the molecule is CCCNC(=O)c1ccc(O/C(C=O)=C/C(C)=N)c(C)c1. The zero-order valence-corrected chi connectivity index (χ0v) is 12.5. The minimum absolute atomic E-state index is 0.0637. The van der Waals surface area contributed by atoms with E-state index < -0.39 is 0 Å². The minimum atomic E-state index is -0.131. The molecule has 1 amide bonds. The summed E-state index contributed by atoms with van der Waals surface area (Å²) in [5.41, 5.74) is 1.52. The van der Waals surface area contributed by atoms with E-state index in [0.29, 0.717) is 24.1 Å². The summed E-state index contributed by atoms with van der Waals surface area (Å²) >= 11 is 0. The average molecular weight is 288 g/mol. The van der Waals surface area contributed by atoms with Gasteiger partial charge in [-0.25, -0.2) is 0 Å². The lowest BCUT2D eigenvalue weighted by Gasteiger charge is -2.10. The highest BCUT2D eigenvalue weighted by atomic mass is 16.5. The van der Waals surface area contributed by atoms with Gasteiger partial charge < -0.3 is 15.5 Å². The Morgan fingerprint density at radius 1 is 1.43 bits per heavy atom. The molecule has 0 saturated heterocycles. The number of ether oxygens (including phenoxy) is 1. The minimum Gasteiger partial charge on any atom is -0.454 e. The topological polar surface area (TPSA) is 79.2 Å². The highest BCUT2D eigenvalue weighted by Crippen LogP contribution is 2.21. The van der Waals surface area contributed by atoms with Crippen molar-refractivity contribution in [2.45, 2.75) is 27.2 Å². The average Bonchev–Trinajstić information content (AvgIpc) is 2.45. The van der Waals surface area contributed by atoms with Gasteiger partial charge in [0.2, 0.25) is 0 Å². The second-order valence-electron chi connectivity index (χ2n) is 4.69. The number of benzene rings is 1. The first-order valence-corrected chi connectivity index (χ1v) is 6.76. The van der Waals surface area contributed by atoms with Crippen molar-refractivity contribution in [3.8, 4) is 5.75 Å². The fourth-order valence-corrected chi connectivity index (χ4v) is 1.67. The van der Waals surface area contributed by atoms with Crippen LogP contribution in [0.1, 0.15) is 36.2 Å². The molecule has 0 unspecified atom stereocenters. The fraction of sp³-hybridized carbons (Fsp3) is 0.312. The smallest absolute Gasteiger partial charge is 0.251 e. The van der Waals surface area contributed by atoms with Gasteiger partial charge in [0.1, 0.15) is 5.75 Å². The molecule has 112 valence electrons. The number of carbonyl (C=O) groups excluding carboxylic acids is 2. The predicted molar refractivity (Wildman–Crippen MR) is 82.0 cm³/mol. The number of nitrogens with one attached hydrogen (secondary N) is 2. The first kappa shape index (κ1) is 16.6. The maximum Gasteiger partial charge on any atom is 0.251 e. The quantitative estimate of drug-likeness (QED) is 0.350. The monoisotopic (exact) mass is 288 g/mol. The van der Waals surface area contributed by atoms with Crippen LogP contribution in [-0.2, 0) is 4.79 Å². The molecule has 0 bridgehead atoms. The van der Waals surface area contributed by atoms with Gasteiger partial charge in [-0.2, -0.15) is 0 Å². The van der Waals surface area contributed by atoms with Gasteiger partial charge in [-0.1, -0.05) is 6.92 Å². The molecule has 5 nitrogen and oxygen atoms in total. The van der Waals surface area contributed by atoms with E-state index in [-0.39, 0.29) is 17.4 Å². The van der Waals surface area contributed by atoms with E-state index in [1.807, 2.05) is 6.92 Å². The number of aldehydes is 1. The van der Waals surface area contributed by atoms with Gasteiger partial charge in [0.15, 0.2) is 12.0 Å². The Labute approximate surface area is 124 Å². The molecule has 1 aromatic carbocycles. The van der Waals surface area contributed by atoms with Crippen molar-refractivity contribution in [3.05, 3.63) is 41.2 Å². The van der Waals surface area contributed by atoms with Crippen LogP contribution >= 0.6 is 0 Å². The Balaban J connectivity index is 2.90. The Bertz CT molecular complexity index is 577. The summed E-state index contributed by atoms with van der Waals surface area (Å²) < 4.78 is 5.44. The molecule has 0 saturated carbocycles. The van der Waals surface area contributed by atoms with E-state index in [1.165, 1.54) is 6.08 Å². The molecule has 0 heterocycles. The Kier molecular flexibility index (Phi) is 6.33. The number of aryl methyl sites for hydroxylation is 1. The second kappa shape index (κ2) is 7.99. The normalized spacial score (nSPS) is 10.9. The van der Waals surface area contributed by atoms with Gasteiger partial charge >= 0.3 is 0 Å². The zero-order valence-electron chi connectivity index (χ0n) is 12.5. The van der Waals surface area contributed by atoms with Gasteiger partial charge in [0.25, 0.3) is 5.91 Å². The summed E-state index contributed by atoms with van der Waals surface area (Å²) in [7, 11) is 0. The number of hydrogen-bond donors (Lipinski definition) is 2. The number of carbonyl (C=O) groups is 2. The summed E-state index contributed by atoms with van der Waals surface area (Å²) in [5, 5.41) is 10.1. The molecular weight excluding hydrogens is 268 g/mol. The second-order valence-corrected chi connectivity index (χ2v) is 4.69. The summed E-state index contributed by atoms with van der Waals surface area (Å²) in [6, 6.07) is 5.00. The van der Waals surface area contributed by atoms with Gasteiger partial charge in [0.05, 0.1) is 0 Å². The van der Waals surface area contributed by atoms with E-state index in [2.05, 4.69) is 5.32 Å². The third-order valence-electron chi connectivity index (χ3n) is 2.68. The van der Waals surface area contributed by atoms with Crippen LogP contribution in [0.15, 0.2) is 30.0 Å². The largest absolute Gasteiger partial charge is 0.454 e. The Morgan fingerprint density at radius 2 is 2.14 bits per heavy atom. The molecule has 0 fully saturated rings. The molecule has 0 aliphatic rings. The molecule has 1 aromatic rings. The van der Waals surface area contributed by atoms with Crippen molar-refractivity contribution >= 4 is 17.9 Å². The third-order valence-corrected chi connectivity index (χ3v) is 2.68. The standard InChI is InChI=1S/C16H20N2O3/c1-4-7-18-16(20)13-5-6-15(11(2)8-13)21-14(10-19)9-12(3)17/h5-6,8-10,17H,4,7H2,1-3H3,(H,18,20)/b14-9+,17-12?. The maximum absolute atomic E-state index is 11.8. The lowest BCUT2D eigenvalue weighted by molar-refractivity contribution is -0.106. The highest BCUT2D eigenvalue weighted by Gasteiger charge is 2.09. The van der Waals surface area contributed by atoms with E-state index in [4.69, 9.17) is 10.1 Å². The number of amides is 1. The van der Waals surface area contributed by atoms with Crippen molar-refractivity contribution < 1.29 is 14.3 Å². The number of allylic oxidation sites excluding steroid dienone is 2. The molecule has 2 N–H and O–H groups in total. The van der Waals surface area contributed by atoms with Crippen molar-refractivity contribution in [3.63, 3.8) is 0 Å².